The summed E-state index contributed by atoms with van der Waals surface area (Å²) in [5.74, 6) is 1.44. The Labute approximate surface area is 121 Å². The predicted octanol–water partition coefficient (Wildman–Crippen LogP) is 2.48. The first-order chi connectivity index (χ1) is 9.71. The van der Waals surface area contributed by atoms with Gasteiger partial charge in [-0.1, -0.05) is 13.0 Å². The average molecular weight is 276 g/mol. The van der Waals surface area contributed by atoms with Crippen LogP contribution in [-0.2, 0) is 11.3 Å². The third-order valence-corrected chi connectivity index (χ3v) is 4.45. The molecule has 0 aromatic carbocycles. The molecule has 2 unspecified atom stereocenters. The van der Waals surface area contributed by atoms with Crippen molar-refractivity contribution in [2.24, 2.45) is 5.92 Å². The lowest BCUT2D eigenvalue weighted by molar-refractivity contribution is -0.0536. The second-order valence-corrected chi connectivity index (χ2v) is 6.29. The van der Waals surface area contributed by atoms with Crippen LogP contribution in [0.4, 0.5) is 0 Å². The van der Waals surface area contributed by atoms with E-state index in [9.17, 15) is 0 Å². The smallest absolute Gasteiger partial charge is 0.217 e. The van der Waals surface area contributed by atoms with E-state index in [0.29, 0.717) is 5.92 Å². The summed E-state index contributed by atoms with van der Waals surface area (Å²) >= 11 is 0. The lowest BCUT2D eigenvalue weighted by Crippen LogP contribution is -2.47. The molecule has 3 rings (SSSR count). The van der Waals surface area contributed by atoms with Crippen LogP contribution in [0.2, 0.25) is 0 Å². The second kappa shape index (κ2) is 5.70. The van der Waals surface area contributed by atoms with Gasteiger partial charge in [-0.3, -0.25) is 4.90 Å². The summed E-state index contributed by atoms with van der Waals surface area (Å²) in [6, 6.07) is 4.08. The molecule has 0 radical (unpaired) electrons. The van der Waals surface area contributed by atoms with Gasteiger partial charge in [0.05, 0.1) is 19.3 Å². The Hall–Kier alpha value is -1.13. The Balaban J connectivity index is 1.68. The molecule has 0 aliphatic carbocycles. The summed E-state index contributed by atoms with van der Waals surface area (Å²) in [4.78, 5) is 6.77. The van der Waals surface area contributed by atoms with E-state index in [0.717, 1.165) is 37.7 Å². The van der Waals surface area contributed by atoms with Crippen molar-refractivity contribution in [1.82, 2.24) is 9.88 Å². The van der Waals surface area contributed by atoms with E-state index >= 15 is 0 Å². The van der Waals surface area contributed by atoms with Gasteiger partial charge in [0.1, 0.15) is 0 Å². The van der Waals surface area contributed by atoms with Crippen molar-refractivity contribution in [3.63, 3.8) is 0 Å². The minimum Gasteiger partial charge on any atom is -0.481 e. The molecule has 2 saturated heterocycles. The zero-order chi connectivity index (χ0) is 14.0. The Morgan fingerprint density at radius 3 is 3.20 bits per heavy atom. The van der Waals surface area contributed by atoms with E-state index < -0.39 is 0 Å². The minimum atomic E-state index is 0.104. The maximum Gasteiger partial charge on any atom is 0.217 e. The van der Waals surface area contributed by atoms with Crippen molar-refractivity contribution in [3.8, 4) is 5.88 Å². The number of likely N-dealkylation sites (tertiary alicyclic amines) is 1. The fourth-order valence-electron chi connectivity index (χ4n) is 3.65. The summed E-state index contributed by atoms with van der Waals surface area (Å²) in [6.07, 6.45) is 5.41. The molecular formula is C16H24N2O2. The van der Waals surface area contributed by atoms with Gasteiger partial charge in [0, 0.05) is 24.8 Å². The summed E-state index contributed by atoms with van der Waals surface area (Å²) in [7, 11) is 1.69. The molecule has 4 heteroatoms. The third kappa shape index (κ3) is 2.81. The van der Waals surface area contributed by atoms with Crippen molar-refractivity contribution < 1.29 is 9.47 Å². The lowest BCUT2D eigenvalue weighted by Gasteiger charge is -2.39. The molecule has 2 aliphatic rings. The standard InChI is InChI=1S/C16H24N2O2/c1-13-9-16(20-11-13)6-4-8-18(12-16)10-14-5-3-7-17-15(14)19-2/h3,5,7,13H,4,6,8-12H2,1-2H3. The highest BCUT2D eigenvalue weighted by molar-refractivity contribution is 5.25. The second-order valence-electron chi connectivity index (χ2n) is 6.29. The number of hydrogen-bond acceptors (Lipinski definition) is 4. The molecule has 0 saturated carbocycles. The van der Waals surface area contributed by atoms with Crippen LogP contribution in [0.3, 0.4) is 0 Å². The molecule has 2 aliphatic heterocycles. The number of hydrogen-bond donors (Lipinski definition) is 0. The van der Waals surface area contributed by atoms with E-state index in [1.54, 1.807) is 13.3 Å². The van der Waals surface area contributed by atoms with Gasteiger partial charge < -0.3 is 9.47 Å². The molecular weight excluding hydrogens is 252 g/mol. The zero-order valence-corrected chi connectivity index (χ0v) is 12.5. The summed E-state index contributed by atoms with van der Waals surface area (Å²) in [5, 5.41) is 0. The van der Waals surface area contributed by atoms with Crippen LogP contribution in [-0.4, -0.2) is 42.3 Å². The number of methoxy groups -OCH3 is 1. The molecule has 0 bridgehead atoms. The summed E-state index contributed by atoms with van der Waals surface area (Å²) in [5.41, 5.74) is 1.27. The highest BCUT2D eigenvalue weighted by Gasteiger charge is 2.41. The van der Waals surface area contributed by atoms with Gasteiger partial charge in [-0.25, -0.2) is 4.98 Å². The van der Waals surface area contributed by atoms with E-state index in [2.05, 4.69) is 22.9 Å². The van der Waals surface area contributed by atoms with Crippen LogP contribution < -0.4 is 4.74 Å². The first-order valence-corrected chi connectivity index (χ1v) is 7.55. The third-order valence-electron chi connectivity index (χ3n) is 4.45. The van der Waals surface area contributed by atoms with Crippen LogP contribution >= 0.6 is 0 Å². The lowest BCUT2D eigenvalue weighted by atomic mass is 9.87. The monoisotopic (exact) mass is 276 g/mol. The molecule has 1 aromatic rings. The molecule has 1 aromatic heterocycles. The predicted molar refractivity (Wildman–Crippen MR) is 77.8 cm³/mol. The van der Waals surface area contributed by atoms with Gasteiger partial charge in [-0.05, 0) is 37.8 Å². The summed E-state index contributed by atoms with van der Waals surface area (Å²) in [6.45, 7) is 6.28. The Bertz CT molecular complexity index is 462. The minimum absolute atomic E-state index is 0.104. The van der Waals surface area contributed by atoms with Crippen molar-refractivity contribution in [3.05, 3.63) is 23.9 Å². The number of aromatic nitrogens is 1. The fourth-order valence-corrected chi connectivity index (χ4v) is 3.65. The molecule has 110 valence electrons. The van der Waals surface area contributed by atoms with E-state index in [-0.39, 0.29) is 5.60 Å². The average Bonchev–Trinajstić information content (AvgIpc) is 2.80. The molecule has 2 atom stereocenters. The fraction of sp³-hybridized carbons (Fsp3) is 0.688. The zero-order valence-electron chi connectivity index (χ0n) is 12.5. The van der Waals surface area contributed by atoms with Gasteiger partial charge in [0.15, 0.2) is 0 Å². The quantitative estimate of drug-likeness (QED) is 0.849. The number of rotatable bonds is 3. The maximum atomic E-state index is 6.13. The molecule has 20 heavy (non-hydrogen) atoms. The van der Waals surface area contributed by atoms with Gasteiger partial charge in [0.25, 0.3) is 0 Å². The topological polar surface area (TPSA) is 34.6 Å². The molecule has 0 N–H and O–H groups in total. The normalized spacial score (nSPS) is 30.8. The van der Waals surface area contributed by atoms with Crippen LogP contribution in [0.15, 0.2) is 18.3 Å². The number of nitrogens with zero attached hydrogens (tertiary/aromatic N) is 2. The molecule has 4 nitrogen and oxygen atoms in total. The van der Waals surface area contributed by atoms with Gasteiger partial charge >= 0.3 is 0 Å². The molecule has 3 heterocycles. The number of ether oxygens (including phenoxy) is 2. The first kappa shape index (κ1) is 13.8. The van der Waals surface area contributed by atoms with Crippen molar-refractivity contribution in [2.45, 2.75) is 38.3 Å². The Kier molecular flexibility index (Phi) is 3.94. The van der Waals surface area contributed by atoms with Crippen LogP contribution in [0.1, 0.15) is 31.7 Å². The van der Waals surface area contributed by atoms with Crippen molar-refractivity contribution in [1.29, 1.82) is 0 Å². The highest BCUT2D eigenvalue weighted by atomic mass is 16.5. The van der Waals surface area contributed by atoms with Gasteiger partial charge in [-0.15, -0.1) is 0 Å². The summed E-state index contributed by atoms with van der Waals surface area (Å²) < 4.78 is 11.5. The van der Waals surface area contributed by atoms with E-state index in [4.69, 9.17) is 9.47 Å². The maximum absolute atomic E-state index is 6.13. The molecule has 2 fully saturated rings. The Morgan fingerprint density at radius 1 is 1.55 bits per heavy atom. The van der Waals surface area contributed by atoms with Crippen LogP contribution in [0.25, 0.3) is 0 Å². The van der Waals surface area contributed by atoms with Crippen LogP contribution in [0, 0.1) is 5.92 Å². The van der Waals surface area contributed by atoms with Gasteiger partial charge in [-0.2, -0.15) is 0 Å². The number of piperidine rings is 1. The van der Waals surface area contributed by atoms with Gasteiger partial charge in [0.2, 0.25) is 5.88 Å². The largest absolute Gasteiger partial charge is 0.481 e. The van der Waals surface area contributed by atoms with Crippen LogP contribution in [0.5, 0.6) is 5.88 Å². The van der Waals surface area contributed by atoms with Crippen molar-refractivity contribution >= 4 is 0 Å². The molecule has 1 spiro atoms. The molecule has 0 amide bonds. The van der Waals surface area contributed by atoms with E-state index in [1.165, 1.54) is 19.3 Å². The number of pyridine rings is 1. The van der Waals surface area contributed by atoms with Crippen molar-refractivity contribution in [2.75, 3.05) is 26.8 Å². The SMILES string of the molecule is COc1ncccc1CN1CCCC2(CC(C)CO2)C1. The first-order valence-electron chi connectivity index (χ1n) is 7.55. The Morgan fingerprint density at radius 2 is 2.45 bits per heavy atom. The highest BCUT2D eigenvalue weighted by Crippen LogP contribution is 2.37. The van der Waals surface area contributed by atoms with E-state index in [1.807, 2.05) is 6.07 Å².